The number of carbonyl (C=O) groups excluding carboxylic acids is 1. The van der Waals surface area contributed by atoms with E-state index in [-0.39, 0.29) is 11.8 Å². The first-order chi connectivity index (χ1) is 13.2. The van der Waals surface area contributed by atoms with Gasteiger partial charge in [0.2, 0.25) is 5.91 Å². The fourth-order valence-electron chi connectivity index (χ4n) is 3.81. The fourth-order valence-corrected chi connectivity index (χ4v) is 4.00. The predicted molar refractivity (Wildman–Crippen MR) is 108 cm³/mol. The van der Waals surface area contributed by atoms with Gasteiger partial charge in [0.1, 0.15) is 18.0 Å². The van der Waals surface area contributed by atoms with E-state index < -0.39 is 0 Å². The third kappa shape index (κ3) is 4.33. The molecule has 142 valence electrons. The fraction of sp³-hybridized carbons (Fsp3) is 0.450. The SMILES string of the molecule is O=C(Nc1cccc(Cl)c1)C1CCN(c2cc(N3CCCC3)ncn2)CC1. The van der Waals surface area contributed by atoms with Crippen LogP contribution in [0, 0.1) is 5.92 Å². The molecule has 0 spiro atoms. The molecule has 2 aliphatic rings. The molecule has 1 N–H and O–H groups in total. The number of nitrogens with one attached hydrogen (secondary N) is 1. The van der Waals surface area contributed by atoms with Crippen molar-refractivity contribution in [3.8, 4) is 0 Å². The molecule has 1 aromatic heterocycles. The second-order valence-electron chi connectivity index (χ2n) is 7.19. The van der Waals surface area contributed by atoms with Gasteiger partial charge in [-0.2, -0.15) is 0 Å². The van der Waals surface area contributed by atoms with Gasteiger partial charge >= 0.3 is 0 Å². The highest BCUT2D eigenvalue weighted by molar-refractivity contribution is 6.30. The number of rotatable bonds is 4. The molecule has 2 fully saturated rings. The molecular weight excluding hydrogens is 362 g/mol. The Morgan fingerprint density at radius 1 is 1.00 bits per heavy atom. The molecule has 3 heterocycles. The van der Waals surface area contributed by atoms with Gasteiger partial charge in [0.05, 0.1) is 0 Å². The molecule has 0 aliphatic carbocycles. The number of benzene rings is 1. The van der Waals surface area contributed by atoms with Gasteiger partial charge in [0.15, 0.2) is 0 Å². The van der Waals surface area contributed by atoms with Gasteiger partial charge in [0.25, 0.3) is 0 Å². The summed E-state index contributed by atoms with van der Waals surface area (Å²) in [5, 5.41) is 3.60. The van der Waals surface area contributed by atoms with Gasteiger partial charge in [-0.05, 0) is 43.9 Å². The Balaban J connectivity index is 1.34. The summed E-state index contributed by atoms with van der Waals surface area (Å²) in [6.45, 7) is 3.79. The largest absolute Gasteiger partial charge is 0.356 e. The monoisotopic (exact) mass is 385 g/mol. The molecule has 0 unspecified atom stereocenters. The number of nitrogens with zero attached hydrogens (tertiary/aromatic N) is 4. The standard InChI is InChI=1S/C20H24ClN5O/c21-16-4-3-5-17(12-16)24-20(27)15-6-10-26(11-7-15)19-13-18(22-14-23-19)25-8-1-2-9-25/h3-5,12-15H,1-2,6-11H2,(H,24,27). The number of anilines is 3. The first-order valence-corrected chi connectivity index (χ1v) is 9.95. The lowest BCUT2D eigenvalue weighted by Gasteiger charge is -2.32. The van der Waals surface area contributed by atoms with Gasteiger partial charge in [-0.3, -0.25) is 4.79 Å². The minimum Gasteiger partial charge on any atom is -0.356 e. The van der Waals surface area contributed by atoms with E-state index >= 15 is 0 Å². The van der Waals surface area contributed by atoms with Crippen molar-refractivity contribution < 1.29 is 4.79 Å². The van der Waals surface area contributed by atoms with Crippen molar-refractivity contribution in [2.75, 3.05) is 41.3 Å². The lowest BCUT2D eigenvalue weighted by molar-refractivity contribution is -0.120. The van der Waals surface area contributed by atoms with Crippen LogP contribution < -0.4 is 15.1 Å². The van der Waals surface area contributed by atoms with Crippen molar-refractivity contribution in [1.82, 2.24) is 9.97 Å². The van der Waals surface area contributed by atoms with Crippen molar-refractivity contribution in [2.24, 2.45) is 5.92 Å². The average Bonchev–Trinajstić information content (AvgIpc) is 3.23. The summed E-state index contributed by atoms with van der Waals surface area (Å²) in [5.41, 5.74) is 0.751. The van der Waals surface area contributed by atoms with E-state index in [1.165, 1.54) is 12.8 Å². The number of carbonyl (C=O) groups is 1. The van der Waals surface area contributed by atoms with E-state index in [4.69, 9.17) is 11.6 Å². The van der Waals surface area contributed by atoms with E-state index in [1.807, 2.05) is 12.1 Å². The van der Waals surface area contributed by atoms with Gasteiger partial charge in [-0.1, -0.05) is 17.7 Å². The van der Waals surface area contributed by atoms with E-state index in [0.717, 1.165) is 56.3 Å². The van der Waals surface area contributed by atoms with Crippen LogP contribution in [0.15, 0.2) is 36.7 Å². The Hall–Kier alpha value is -2.34. The molecule has 2 saturated heterocycles. The first kappa shape index (κ1) is 18.0. The molecule has 1 aromatic carbocycles. The zero-order valence-corrected chi connectivity index (χ0v) is 16.0. The molecule has 0 saturated carbocycles. The smallest absolute Gasteiger partial charge is 0.227 e. The maximum absolute atomic E-state index is 12.5. The molecular formula is C20H24ClN5O. The highest BCUT2D eigenvalue weighted by atomic mass is 35.5. The molecule has 2 aromatic rings. The topological polar surface area (TPSA) is 61.4 Å². The molecule has 4 rings (SSSR count). The van der Waals surface area contributed by atoms with Crippen LogP contribution in [-0.4, -0.2) is 42.1 Å². The molecule has 0 radical (unpaired) electrons. The first-order valence-electron chi connectivity index (χ1n) is 9.57. The molecule has 2 aliphatic heterocycles. The minimum atomic E-state index is 0.0140. The highest BCUT2D eigenvalue weighted by Gasteiger charge is 2.26. The van der Waals surface area contributed by atoms with Crippen LogP contribution in [0.4, 0.5) is 17.3 Å². The molecule has 7 heteroatoms. The van der Waals surface area contributed by atoms with Gasteiger partial charge in [-0.25, -0.2) is 9.97 Å². The molecule has 1 amide bonds. The Labute approximate surface area is 164 Å². The minimum absolute atomic E-state index is 0.0140. The second-order valence-corrected chi connectivity index (χ2v) is 7.63. The summed E-state index contributed by atoms with van der Waals surface area (Å²) in [6.07, 6.45) is 5.74. The van der Waals surface area contributed by atoms with Crippen LogP contribution in [0.25, 0.3) is 0 Å². The van der Waals surface area contributed by atoms with Crippen LogP contribution in [-0.2, 0) is 4.79 Å². The number of piperidine rings is 1. The van der Waals surface area contributed by atoms with E-state index in [0.29, 0.717) is 5.02 Å². The van der Waals surface area contributed by atoms with Crippen LogP contribution in [0.5, 0.6) is 0 Å². The Morgan fingerprint density at radius 3 is 2.33 bits per heavy atom. The predicted octanol–water partition coefficient (Wildman–Crippen LogP) is 3.59. The van der Waals surface area contributed by atoms with Crippen molar-refractivity contribution in [3.05, 3.63) is 41.7 Å². The van der Waals surface area contributed by atoms with Crippen LogP contribution >= 0.6 is 11.6 Å². The summed E-state index contributed by atoms with van der Waals surface area (Å²) in [6, 6.07) is 9.36. The summed E-state index contributed by atoms with van der Waals surface area (Å²) in [5.74, 6) is 2.05. The highest BCUT2D eigenvalue weighted by Crippen LogP contribution is 2.26. The molecule has 27 heavy (non-hydrogen) atoms. The maximum atomic E-state index is 12.5. The number of aromatic nitrogens is 2. The third-order valence-corrected chi connectivity index (χ3v) is 5.59. The molecule has 0 atom stereocenters. The van der Waals surface area contributed by atoms with Crippen molar-refractivity contribution in [1.29, 1.82) is 0 Å². The number of amides is 1. The zero-order chi connectivity index (χ0) is 18.6. The average molecular weight is 386 g/mol. The van der Waals surface area contributed by atoms with E-state index in [1.54, 1.807) is 18.5 Å². The summed E-state index contributed by atoms with van der Waals surface area (Å²) < 4.78 is 0. The maximum Gasteiger partial charge on any atom is 0.227 e. The van der Waals surface area contributed by atoms with Gasteiger partial charge in [0, 0.05) is 48.9 Å². The van der Waals surface area contributed by atoms with Crippen molar-refractivity contribution >= 4 is 34.8 Å². The number of hydrogen-bond donors (Lipinski definition) is 1. The summed E-state index contributed by atoms with van der Waals surface area (Å²) in [7, 11) is 0. The number of hydrogen-bond acceptors (Lipinski definition) is 5. The van der Waals surface area contributed by atoms with Crippen LogP contribution in [0.1, 0.15) is 25.7 Å². The molecule has 0 bridgehead atoms. The Kier molecular flexibility index (Phi) is 5.43. The normalized spacial score (nSPS) is 18.0. The second kappa shape index (κ2) is 8.13. The number of halogens is 1. The van der Waals surface area contributed by atoms with E-state index in [9.17, 15) is 4.79 Å². The molecule has 6 nitrogen and oxygen atoms in total. The Bertz CT molecular complexity index is 800. The third-order valence-electron chi connectivity index (χ3n) is 5.35. The quantitative estimate of drug-likeness (QED) is 0.871. The van der Waals surface area contributed by atoms with Crippen molar-refractivity contribution in [3.63, 3.8) is 0 Å². The Morgan fingerprint density at radius 2 is 1.67 bits per heavy atom. The summed E-state index contributed by atoms with van der Waals surface area (Å²) >= 11 is 5.99. The van der Waals surface area contributed by atoms with E-state index in [2.05, 4.69) is 31.2 Å². The lowest BCUT2D eigenvalue weighted by atomic mass is 9.96. The van der Waals surface area contributed by atoms with Crippen LogP contribution in [0.2, 0.25) is 5.02 Å². The van der Waals surface area contributed by atoms with Gasteiger partial charge in [-0.15, -0.1) is 0 Å². The lowest BCUT2D eigenvalue weighted by Crippen LogP contribution is -2.38. The van der Waals surface area contributed by atoms with Crippen LogP contribution in [0.3, 0.4) is 0 Å². The summed E-state index contributed by atoms with van der Waals surface area (Å²) in [4.78, 5) is 26.0. The van der Waals surface area contributed by atoms with Gasteiger partial charge < -0.3 is 15.1 Å². The van der Waals surface area contributed by atoms with Crippen molar-refractivity contribution in [2.45, 2.75) is 25.7 Å². The zero-order valence-electron chi connectivity index (χ0n) is 15.3.